The molecule has 0 N–H and O–H groups in total. The van der Waals surface area contributed by atoms with Crippen LogP contribution in [0, 0.1) is 0 Å². The lowest BCUT2D eigenvalue weighted by atomic mass is 9.94. The van der Waals surface area contributed by atoms with Crippen molar-refractivity contribution in [2.45, 2.75) is 134 Å². The zero-order valence-electron chi connectivity index (χ0n) is 15.5. The maximum Gasteiger partial charge on any atom is -0.0178 e. The van der Waals surface area contributed by atoms with Gasteiger partial charge in [-0.05, 0) is 18.0 Å². The largest absolute Gasteiger partial charge is 0.131 e. The standard InChI is InChI=1S/C21H43P/c1-21(22)19-17-15-13-11-9-7-5-3-2-4-6-8-10-12-14-16-18-20-21/h2-20,22H2,1H3. The summed E-state index contributed by atoms with van der Waals surface area (Å²) in [5.74, 6) is 0. The normalized spacial score (nSPS) is 25.4. The average molecular weight is 327 g/mol. The van der Waals surface area contributed by atoms with Gasteiger partial charge in [0.25, 0.3) is 0 Å². The molecule has 1 rings (SSSR count). The molecule has 0 aromatic rings. The molecule has 0 amide bonds. The Morgan fingerprint density at radius 2 is 0.591 bits per heavy atom. The van der Waals surface area contributed by atoms with Crippen molar-refractivity contribution in [1.82, 2.24) is 0 Å². The molecule has 0 spiro atoms. The van der Waals surface area contributed by atoms with Gasteiger partial charge in [0.1, 0.15) is 0 Å². The Hall–Kier alpha value is 0.430. The summed E-state index contributed by atoms with van der Waals surface area (Å²) in [5, 5.41) is 0.515. The van der Waals surface area contributed by atoms with E-state index in [2.05, 4.69) is 16.2 Å². The highest BCUT2D eigenvalue weighted by Crippen LogP contribution is 2.31. The average Bonchev–Trinajstić information content (AvgIpc) is 2.48. The lowest BCUT2D eigenvalue weighted by Crippen LogP contribution is -2.15. The minimum Gasteiger partial charge on any atom is -0.131 e. The third-order valence-electron chi connectivity index (χ3n) is 5.50. The van der Waals surface area contributed by atoms with E-state index in [1.807, 2.05) is 0 Å². The molecule has 0 aromatic heterocycles. The minimum atomic E-state index is 0.515. The fraction of sp³-hybridized carbons (Fsp3) is 1.00. The molecule has 1 aliphatic rings. The maximum absolute atomic E-state index is 3.16. The molecule has 132 valence electrons. The van der Waals surface area contributed by atoms with E-state index in [9.17, 15) is 0 Å². The zero-order valence-corrected chi connectivity index (χ0v) is 16.7. The first kappa shape index (κ1) is 20.5. The van der Waals surface area contributed by atoms with Gasteiger partial charge in [-0.3, -0.25) is 0 Å². The molecular formula is C21H43P. The van der Waals surface area contributed by atoms with Gasteiger partial charge in [-0.15, -0.1) is 9.24 Å². The van der Waals surface area contributed by atoms with Crippen LogP contribution in [0.1, 0.15) is 129 Å². The third-order valence-corrected chi connectivity index (χ3v) is 6.07. The summed E-state index contributed by atoms with van der Waals surface area (Å²) in [5.41, 5.74) is 0. The minimum absolute atomic E-state index is 0.515. The molecule has 0 aromatic carbocycles. The van der Waals surface area contributed by atoms with Crippen molar-refractivity contribution >= 4 is 9.24 Å². The quantitative estimate of drug-likeness (QED) is 0.395. The molecule has 0 bridgehead atoms. The zero-order chi connectivity index (χ0) is 15.9. The van der Waals surface area contributed by atoms with Crippen molar-refractivity contribution in [2.24, 2.45) is 0 Å². The number of rotatable bonds is 0. The van der Waals surface area contributed by atoms with Crippen molar-refractivity contribution in [3.8, 4) is 0 Å². The van der Waals surface area contributed by atoms with E-state index >= 15 is 0 Å². The van der Waals surface area contributed by atoms with Gasteiger partial charge in [-0.1, -0.05) is 116 Å². The SMILES string of the molecule is CC1(P)CCCCCCCCCCCCCCCCCCC1. The predicted octanol–water partition coefficient (Wildman–Crippen LogP) is 8.05. The van der Waals surface area contributed by atoms with Gasteiger partial charge in [-0.2, -0.15) is 0 Å². The molecule has 1 aliphatic carbocycles. The topological polar surface area (TPSA) is 0 Å². The van der Waals surface area contributed by atoms with Gasteiger partial charge in [0.2, 0.25) is 0 Å². The Balaban J connectivity index is 2.17. The Morgan fingerprint density at radius 1 is 0.409 bits per heavy atom. The fourth-order valence-electron chi connectivity index (χ4n) is 3.83. The van der Waals surface area contributed by atoms with Gasteiger partial charge >= 0.3 is 0 Å². The van der Waals surface area contributed by atoms with E-state index in [-0.39, 0.29) is 0 Å². The maximum atomic E-state index is 3.16. The molecule has 22 heavy (non-hydrogen) atoms. The Kier molecular flexibility index (Phi) is 12.9. The van der Waals surface area contributed by atoms with E-state index in [0.717, 1.165) is 0 Å². The molecule has 1 unspecified atom stereocenters. The van der Waals surface area contributed by atoms with Crippen molar-refractivity contribution < 1.29 is 0 Å². The van der Waals surface area contributed by atoms with Crippen LogP contribution in [-0.4, -0.2) is 5.16 Å². The van der Waals surface area contributed by atoms with Crippen LogP contribution >= 0.6 is 9.24 Å². The highest BCUT2D eigenvalue weighted by molar-refractivity contribution is 7.18. The Morgan fingerprint density at radius 3 is 0.818 bits per heavy atom. The molecule has 0 nitrogen and oxygen atoms in total. The van der Waals surface area contributed by atoms with Crippen LogP contribution in [0.5, 0.6) is 0 Å². The van der Waals surface area contributed by atoms with Crippen molar-refractivity contribution in [3.05, 3.63) is 0 Å². The van der Waals surface area contributed by atoms with Crippen LogP contribution in [0.15, 0.2) is 0 Å². The van der Waals surface area contributed by atoms with Crippen molar-refractivity contribution in [2.75, 3.05) is 0 Å². The van der Waals surface area contributed by atoms with Gasteiger partial charge in [0.05, 0.1) is 0 Å². The molecule has 1 saturated carbocycles. The van der Waals surface area contributed by atoms with Crippen molar-refractivity contribution in [3.63, 3.8) is 0 Å². The first-order valence-corrected chi connectivity index (χ1v) is 11.1. The molecule has 0 heterocycles. The summed E-state index contributed by atoms with van der Waals surface area (Å²) >= 11 is 0. The fourth-order valence-corrected chi connectivity index (χ4v) is 4.24. The third kappa shape index (κ3) is 12.9. The van der Waals surface area contributed by atoms with E-state index in [1.165, 1.54) is 122 Å². The summed E-state index contributed by atoms with van der Waals surface area (Å²) < 4.78 is 0. The number of hydrogen-bond acceptors (Lipinski definition) is 0. The summed E-state index contributed by atoms with van der Waals surface area (Å²) in [4.78, 5) is 0. The summed E-state index contributed by atoms with van der Waals surface area (Å²) in [6, 6.07) is 0. The second kappa shape index (κ2) is 13.8. The molecular weight excluding hydrogens is 283 g/mol. The molecule has 1 heteroatoms. The molecule has 1 fully saturated rings. The van der Waals surface area contributed by atoms with Gasteiger partial charge in [-0.25, -0.2) is 0 Å². The highest BCUT2D eigenvalue weighted by Gasteiger charge is 2.16. The van der Waals surface area contributed by atoms with E-state index in [0.29, 0.717) is 5.16 Å². The lowest BCUT2D eigenvalue weighted by Gasteiger charge is -2.24. The second-order valence-electron chi connectivity index (χ2n) is 8.16. The molecule has 0 aliphatic heterocycles. The van der Waals surface area contributed by atoms with Crippen LogP contribution in [0.3, 0.4) is 0 Å². The van der Waals surface area contributed by atoms with E-state index in [4.69, 9.17) is 0 Å². The van der Waals surface area contributed by atoms with Crippen LogP contribution in [0.4, 0.5) is 0 Å². The molecule has 0 saturated heterocycles. The van der Waals surface area contributed by atoms with Gasteiger partial charge in [0.15, 0.2) is 0 Å². The second-order valence-corrected chi connectivity index (χ2v) is 9.56. The summed E-state index contributed by atoms with van der Waals surface area (Å²) in [7, 11) is 3.16. The first-order valence-electron chi connectivity index (χ1n) is 10.5. The van der Waals surface area contributed by atoms with Gasteiger partial charge in [0, 0.05) is 0 Å². The monoisotopic (exact) mass is 326 g/mol. The van der Waals surface area contributed by atoms with Crippen LogP contribution < -0.4 is 0 Å². The number of hydrogen-bond donors (Lipinski definition) is 0. The Bertz CT molecular complexity index is 212. The lowest BCUT2D eigenvalue weighted by molar-refractivity contribution is 0.459. The smallest absolute Gasteiger partial charge is 0.0178 e. The predicted molar refractivity (Wildman–Crippen MR) is 106 cm³/mol. The highest BCUT2D eigenvalue weighted by atomic mass is 31.0. The van der Waals surface area contributed by atoms with Crippen molar-refractivity contribution in [1.29, 1.82) is 0 Å². The van der Waals surface area contributed by atoms with Gasteiger partial charge < -0.3 is 0 Å². The summed E-state index contributed by atoms with van der Waals surface area (Å²) in [6.07, 6.45) is 27.9. The molecule has 1 atom stereocenters. The first-order chi connectivity index (χ1) is 10.7. The Labute approximate surface area is 143 Å². The summed E-state index contributed by atoms with van der Waals surface area (Å²) in [6.45, 7) is 2.46. The molecule has 0 radical (unpaired) electrons. The van der Waals surface area contributed by atoms with Crippen LogP contribution in [0.25, 0.3) is 0 Å². The van der Waals surface area contributed by atoms with Crippen LogP contribution in [-0.2, 0) is 0 Å². The van der Waals surface area contributed by atoms with E-state index < -0.39 is 0 Å². The van der Waals surface area contributed by atoms with Crippen LogP contribution in [0.2, 0.25) is 0 Å². The van der Waals surface area contributed by atoms with E-state index in [1.54, 1.807) is 0 Å².